The number of halogens is 2. The molecule has 0 aliphatic carbocycles. The largest absolute Gasteiger partial charge is 0.295 e. The van der Waals surface area contributed by atoms with E-state index >= 15 is 0 Å². The lowest BCUT2D eigenvalue weighted by Crippen LogP contribution is -2.41. The van der Waals surface area contributed by atoms with Crippen LogP contribution in [0.2, 0.25) is 10.2 Å². The van der Waals surface area contributed by atoms with E-state index in [4.69, 9.17) is 23.2 Å². The predicted octanol–water partition coefficient (Wildman–Crippen LogP) is 4.01. The molecule has 1 aliphatic rings. The van der Waals surface area contributed by atoms with Crippen LogP contribution in [-0.2, 0) is 6.54 Å². The molecule has 2 atom stereocenters. The number of likely N-dealkylation sites (tertiary alicyclic amines) is 1. The summed E-state index contributed by atoms with van der Waals surface area (Å²) in [6, 6.07) is 4.14. The maximum atomic E-state index is 6.15. The average molecular weight is 273 g/mol. The molecule has 1 saturated heterocycles. The van der Waals surface area contributed by atoms with Gasteiger partial charge >= 0.3 is 0 Å². The second kappa shape index (κ2) is 5.55. The van der Waals surface area contributed by atoms with Gasteiger partial charge in [-0.2, -0.15) is 0 Å². The fraction of sp³-hybridized carbons (Fsp3) is 0.615. The van der Waals surface area contributed by atoms with Gasteiger partial charge in [0.15, 0.2) is 0 Å². The van der Waals surface area contributed by atoms with E-state index in [9.17, 15) is 0 Å². The minimum absolute atomic E-state index is 0.516. The number of aromatic nitrogens is 1. The predicted molar refractivity (Wildman–Crippen MR) is 72.5 cm³/mol. The third-order valence-electron chi connectivity index (χ3n) is 3.74. The maximum Gasteiger partial charge on any atom is 0.129 e. The molecule has 1 fully saturated rings. The third-order valence-corrected chi connectivity index (χ3v) is 4.30. The molecular weight excluding hydrogens is 255 g/mol. The van der Waals surface area contributed by atoms with Crippen molar-refractivity contribution in [3.8, 4) is 0 Å². The molecule has 94 valence electrons. The van der Waals surface area contributed by atoms with Crippen LogP contribution in [0.3, 0.4) is 0 Å². The van der Waals surface area contributed by atoms with Crippen molar-refractivity contribution in [1.82, 2.24) is 9.88 Å². The molecule has 2 nitrogen and oxygen atoms in total. The topological polar surface area (TPSA) is 16.1 Å². The van der Waals surface area contributed by atoms with Crippen molar-refractivity contribution in [3.63, 3.8) is 0 Å². The van der Waals surface area contributed by atoms with Crippen molar-refractivity contribution in [2.75, 3.05) is 6.54 Å². The van der Waals surface area contributed by atoms with Crippen molar-refractivity contribution in [2.24, 2.45) is 5.92 Å². The van der Waals surface area contributed by atoms with Gasteiger partial charge in [0, 0.05) is 12.6 Å². The standard InChI is InChI=1S/C13H18Cl2N2/c1-9-4-3-7-17(10(9)2)8-12-11(14)5-6-13(15)16-12/h5-6,9-10H,3-4,7-8H2,1-2H3. The monoisotopic (exact) mass is 272 g/mol. The Bertz CT molecular complexity index is 395. The minimum atomic E-state index is 0.516. The zero-order valence-electron chi connectivity index (χ0n) is 10.3. The van der Waals surface area contributed by atoms with Crippen molar-refractivity contribution < 1.29 is 0 Å². The summed E-state index contributed by atoms with van der Waals surface area (Å²) in [4.78, 5) is 6.76. The van der Waals surface area contributed by atoms with Gasteiger partial charge in [-0.15, -0.1) is 0 Å². The van der Waals surface area contributed by atoms with Crippen molar-refractivity contribution >= 4 is 23.2 Å². The van der Waals surface area contributed by atoms with E-state index in [0.717, 1.165) is 24.7 Å². The second-order valence-electron chi connectivity index (χ2n) is 4.89. The molecule has 0 bridgehead atoms. The molecule has 0 spiro atoms. The molecule has 1 aromatic rings. The molecule has 2 rings (SSSR count). The Hall–Kier alpha value is -0.310. The molecule has 4 heteroatoms. The first-order valence-corrected chi connectivity index (χ1v) is 6.88. The molecular formula is C13H18Cl2N2. The summed E-state index contributed by atoms with van der Waals surface area (Å²) in [5, 5.41) is 1.22. The molecule has 0 N–H and O–H groups in total. The number of piperidine rings is 1. The van der Waals surface area contributed by atoms with Gasteiger partial charge < -0.3 is 0 Å². The van der Waals surface area contributed by atoms with Gasteiger partial charge in [-0.1, -0.05) is 30.1 Å². The Balaban J connectivity index is 2.11. The molecule has 0 amide bonds. The van der Waals surface area contributed by atoms with Crippen LogP contribution in [0.4, 0.5) is 0 Å². The lowest BCUT2D eigenvalue weighted by atomic mass is 9.92. The van der Waals surface area contributed by atoms with Gasteiger partial charge in [-0.3, -0.25) is 4.90 Å². The van der Waals surface area contributed by atoms with Crippen LogP contribution in [-0.4, -0.2) is 22.5 Å². The van der Waals surface area contributed by atoms with Crippen molar-refractivity contribution in [2.45, 2.75) is 39.3 Å². The summed E-state index contributed by atoms with van der Waals surface area (Å²) in [5.74, 6) is 0.738. The van der Waals surface area contributed by atoms with Gasteiger partial charge in [-0.05, 0) is 44.4 Å². The highest BCUT2D eigenvalue weighted by atomic mass is 35.5. The Morgan fingerprint density at radius 2 is 2.12 bits per heavy atom. The fourth-order valence-corrected chi connectivity index (χ4v) is 2.74. The molecule has 1 aromatic heterocycles. The summed E-state index contributed by atoms with van der Waals surface area (Å²) in [6.07, 6.45) is 2.57. The van der Waals surface area contributed by atoms with Crippen LogP contribution in [0.25, 0.3) is 0 Å². The normalized spacial score (nSPS) is 26.1. The summed E-state index contributed by atoms with van der Waals surface area (Å²) in [6.45, 7) is 6.51. The van der Waals surface area contributed by atoms with Gasteiger partial charge in [0.2, 0.25) is 0 Å². The highest BCUT2D eigenvalue weighted by molar-refractivity contribution is 6.32. The first-order valence-electron chi connectivity index (χ1n) is 6.13. The third kappa shape index (κ3) is 3.12. The van der Waals surface area contributed by atoms with E-state index in [1.54, 1.807) is 6.07 Å². The zero-order valence-corrected chi connectivity index (χ0v) is 11.8. The van der Waals surface area contributed by atoms with E-state index in [1.807, 2.05) is 6.07 Å². The molecule has 0 radical (unpaired) electrons. The van der Waals surface area contributed by atoms with Crippen LogP contribution < -0.4 is 0 Å². The van der Waals surface area contributed by atoms with E-state index in [1.165, 1.54) is 12.8 Å². The van der Waals surface area contributed by atoms with E-state index < -0.39 is 0 Å². The Kier molecular flexibility index (Phi) is 4.29. The Morgan fingerprint density at radius 1 is 1.35 bits per heavy atom. The summed E-state index contributed by atoms with van der Waals surface area (Å²) < 4.78 is 0. The number of pyridine rings is 1. The molecule has 2 heterocycles. The van der Waals surface area contributed by atoms with Gasteiger partial charge in [0.1, 0.15) is 5.15 Å². The van der Waals surface area contributed by atoms with Gasteiger partial charge in [0.05, 0.1) is 10.7 Å². The lowest BCUT2D eigenvalue weighted by Gasteiger charge is -2.37. The first-order chi connectivity index (χ1) is 8.08. The van der Waals surface area contributed by atoms with Crippen LogP contribution >= 0.6 is 23.2 Å². The molecule has 0 aromatic carbocycles. The zero-order chi connectivity index (χ0) is 12.4. The van der Waals surface area contributed by atoms with Crippen molar-refractivity contribution in [3.05, 3.63) is 28.0 Å². The van der Waals surface area contributed by atoms with Crippen molar-refractivity contribution in [1.29, 1.82) is 0 Å². The van der Waals surface area contributed by atoms with Crippen LogP contribution in [0.1, 0.15) is 32.4 Å². The smallest absolute Gasteiger partial charge is 0.129 e. The maximum absolute atomic E-state index is 6.15. The highest BCUT2D eigenvalue weighted by Gasteiger charge is 2.25. The lowest BCUT2D eigenvalue weighted by molar-refractivity contribution is 0.105. The quantitative estimate of drug-likeness (QED) is 0.757. The summed E-state index contributed by atoms with van der Waals surface area (Å²) >= 11 is 12.1. The van der Waals surface area contributed by atoms with Crippen LogP contribution in [0.15, 0.2) is 12.1 Å². The average Bonchev–Trinajstić information content (AvgIpc) is 2.30. The molecule has 1 aliphatic heterocycles. The van der Waals surface area contributed by atoms with Crippen LogP contribution in [0.5, 0.6) is 0 Å². The van der Waals surface area contributed by atoms with Gasteiger partial charge in [-0.25, -0.2) is 4.98 Å². The second-order valence-corrected chi connectivity index (χ2v) is 5.69. The van der Waals surface area contributed by atoms with E-state index in [2.05, 4.69) is 23.7 Å². The number of rotatable bonds is 2. The molecule has 17 heavy (non-hydrogen) atoms. The number of hydrogen-bond donors (Lipinski definition) is 0. The Morgan fingerprint density at radius 3 is 2.88 bits per heavy atom. The molecule has 2 unspecified atom stereocenters. The SMILES string of the molecule is CC1CCCN(Cc2nc(Cl)ccc2Cl)C1C. The number of nitrogens with zero attached hydrogens (tertiary/aromatic N) is 2. The van der Waals surface area contributed by atoms with Gasteiger partial charge in [0.25, 0.3) is 0 Å². The summed E-state index contributed by atoms with van der Waals surface area (Å²) in [7, 11) is 0. The first kappa shape index (κ1) is 13.1. The fourth-order valence-electron chi connectivity index (χ4n) is 2.41. The molecule has 0 saturated carbocycles. The van der Waals surface area contributed by atoms with Crippen LogP contribution in [0, 0.1) is 5.92 Å². The highest BCUT2D eigenvalue weighted by Crippen LogP contribution is 2.26. The van der Waals surface area contributed by atoms with E-state index in [-0.39, 0.29) is 0 Å². The Labute approximate surface area is 113 Å². The number of hydrogen-bond acceptors (Lipinski definition) is 2. The summed E-state index contributed by atoms with van der Waals surface area (Å²) in [5.41, 5.74) is 0.889. The minimum Gasteiger partial charge on any atom is -0.295 e. The van der Waals surface area contributed by atoms with E-state index in [0.29, 0.717) is 16.2 Å².